The van der Waals surface area contributed by atoms with Crippen LogP contribution in [0.25, 0.3) is 0 Å². The van der Waals surface area contributed by atoms with Gasteiger partial charge in [-0.05, 0) is 54.7 Å². The quantitative estimate of drug-likeness (QED) is 0.472. The van der Waals surface area contributed by atoms with Gasteiger partial charge in [-0.1, -0.05) is 24.3 Å². The number of ether oxygens (including phenoxy) is 1. The molecule has 1 fully saturated rings. The normalized spacial score (nSPS) is 13.5. The van der Waals surface area contributed by atoms with Crippen molar-refractivity contribution in [3.8, 4) is 11.6 Å². The molecule has 2 aromatic carbocycles. The van der Waals surface area contributed by atoms with E-state index < -0.39 is 15.8 Å². The maximum Gasteiger partial charge on any atom is 0.240 e. The Bertz CT molecular complexity index is 1210. The lowest BCUT2D eigenvalue weighted by molar-refractivity contribution is -0.121. The van der Waals surface area contributed by atoms with Crippen LogP contribution >= 0.6 is 0 Å². The molecule has 9 heteroatoms. The lowest BCUT2D eigenvalue weighted by Crippen LogP contribution is -2.25. The largest absolute Gasteiger partial charge is 0.439 e. The third-order valence-corrected chi connectivity index (χ3v) is 6.62. The fourth-order valence-electron chi connectivity index (χ4n) is 3.10. The highest BCUT2D eigenvalue weighted by molar-refractivity contribution is 7.89. The Balaban J connectivity index is 1.21. The SMILES string of the molecule is O=C(CCc1ccc(S(=O)(=O)NC2CC2)cc1)NCc1ccc(Oc2cccc(F)c2)nc1. The number of pyridine rings is 1. The van der Waals surface area contributed by atoms with Crippen LogP contribution in [0.1, 0.15) is 30.4 Å². The van der Waals surface area contributed by atoms with Gasteiger partial charge in [0.1, 0.15) is 11.6 Å². The van der Waals surface area contributed by atoms with Crippen LogP contribution in [0.15, 0.2) is 71.8 Å². The Morgan fingerprint density at radius 3 is 2.48 bits per heavy atom. The van der Waals surface area contributed by atoms with Gasteiger partial charge in [0.2, 0.25) is 21.8 Å². The number of nitrogens with one attached hydrogen (secondary N) is 2. The number of sulfonamides is 1. The van der Waals surface area contributed by atoms with Gasteiger partial charge in [0.15, 0.2) is 0 Å². The second kappa shape index (κ2) is 10.1. The minimum absolute atomic E-state index is 0.0609. The van der Waals surface area contributed by atoms with Gasteiger partial charge < -0.3 is 10.1 Å². The Hall–Kier alpha value is -3.30. The number of hydrogen-bond donors (Lipinski definition) is 2. The van der Waals surface area contributed by atoms with E-state index in [2.05, 4.69) is 15.0 Å². The van der Waals surface area contributed by atoms with Crippen molar-refractivity contribution in [1.29, 1.82) is 0 Å². The summed E-state index contributed by atoms with van der Waals surface area (Å²) in [6.45, 7) is 0.316. The Morgan fingerprint density at radius 2 is 1.82 bits per heavy atom. The van der Waals surface area contributed by atoms with Crippen LogP contribution in [0.4, 0.5) is 4.39 Å². The van der Waals surface area contributed by atoms with E-state index >= 15 is 0 Å². The molecule has 1 aliphatic carbocycles. The molecule has 3 aromatic rings. The molecule has 0 atom stereocenters. The summed E-state index contributed by atoms with van der Waals surface area (Å²) in [6, 6.07) is 15.9. The van der Waals surface area contributed by atoms with Crippen molar-refractivity contribution in [3.63, 3.8) is 0 Å². The van der Waals surface area contributed by atoms with Crippen LogP contribution < -0.4 is 14.8 Å². The first kappa shape index (κ1) is 22.9. The van der Waals surface area contributed by atoms with Gasteiger partial charge in [-0.25, -0.2) is 22.5 Å². The first-order chi connectivity index (χ1) is 15.9. The predicted molar refractivity (Wildman–Crippen MR) is 121 cm³/mol. The molecule has 1 aliphatic rings. The summed E-state index contributed by atoms with van der Waals surface area (Å²) in [5, 5.41) is 2.83. The summed E-state index contributed by atoms with van der Waals surface area (Å²) in [5.74, 6) is 0.169. The van der Waals surface area contributed by atoms with E-state index in [1.54, 1.807) is 54.7 Å². The Labute approximate surface area is 192 Å². The van der Waals surface area contributed by atoms with Crippen LogP contribution in [0.5, 0.6) is 11.6 Å². The molecular formula is C24H24FN3O4S. The number of aryl methyl sites for hydroxylation is 1. The molecule has 1 amide bonds. The van der Waals surface area contributed by atoms with Gasteiger partial charge in [-0.15, -0.1) is 0 Å². The molecule has 1 aromatic heterocycles. The molecule has 0 aliphatic heterocycles. The fourth-order valence-corrected chi connectivity index (χ4v) is 4.40. The number of carbonyl (C=O) groups is 1. The number of hydrogen-bond acceptors (Lipinski definition) is 5. The molecule has 4 rings (SSSR count). The molecule has 0 spiro atoms. The average molecular weight is 470 g/mol. The summed E-state index contributed by atoms with van der Waals surface area (Å²) in [4.78, 5) is 16.6. The van der Waals surface area contributed by atoms with E-state index in [-0.39, 0.29) is 23.3 Å². The van der Waals surface area contributed by atoms with E-state index in [9.17, 15) is 17.6 Å². The first-order valence-corrected chi connectivity index (χ1v) is 12.1. The molecule has 0 bridgehead atoms. The highest BCUT2D eigenvalue weighted by atomic mass is 32.2. The molecule has 33 heavy (non-hydrogen) atoms. The van der Waals surface area contributed by atoms with E-state index in [1.807, 2.05) is 0 Å². The van der Waals surface area contributed by atoms with Gasteiger partial charge in [0, 0.05) is 37.3 Å². The molecule has 7 nitrogen and oxygen atoms in total. The average Bonchev–Trinajstić information content (AvgIpc) is 3.61. The predicted octanol–water partition coefficient (Wildman–Crippen LogP) is 3.70. The second-order valence-corrected chi connectivity index (χ2v) is 9.59. The van der Waals surface area contributed by atoms with Gasteiger partial charge in [0.05, 0.1) is 4.90 Å². The number of rotatable bonds is 10. The lowest BCUT2D eigenvalue weighted by Gasteiger charge is -2.08. The zero-order chi connectivity index (χ0) is 23.3. The molecule has 2 N–H and O–H groups in total. The zero-order valence-corrected chi connectivity index (χ0v) is 18.6. The molecule has 1 heterocycles. The van der Waals surface area contributed by atoms with Crippen LogP contribution in [-0.2, 0) is 27.8 Å². The van der Waals surface area contributed by atoms with Crippen molar-refractivity contribution in [3.05, 3.63) is 83.8 Å². The number of halogens is 1. The molecule has 0 radical (unpaired) electrons. The number of amides is 1. The van der Waals surface area contributed by atoms with Gasteiger partial charge in [0.25, 0.3) is 0 Å². The number of carbonyl (C=O) groups excluding carboxylic acids is 1. The van der Waals surface area contributed by atoms with Gasteiger partial charge in [-0.3, -0.25) is 4.79 Å². The molecule has 1 saturated carbocycles. The lowest BCUT2D eigenvalue weighted by atomic mass is 10.1. The molecule has 0 saturated heterocycles. The number of aromatic nitrogens is 1. The van der Waals surface area contributed by atoms with Crippen LogP contribution in [0, 0.1) is 5.82 Å². The van der Waals surface area contributed by atoms with Crippen molar-refractivity contribution in [2.75, 3.05) is 0 Å². The van der Waals surface area contributed by atoms with E-state index in [0.29, 0.717) is 24.6 Å². The Kier molecular flexibility index (Phi) is 7.00. The van der Waals surface area contributed by atoms with E-state index in [4.69, 9.17) is 4.74 Å². The van der Waals surface area contributed by atoms with Crippen LogP contribution in [-0.4, -0.2) is 25.4 Å². The highest BCUT2D eigenvalue weighted by Crippen LogP contribution is 2.22. The van der Waals surface area contributed by atoms with Gasteiger partial charge in [-0.2, -0.15) is 0 Å². The molecule has 0 unspecified atom stereocenters. The molecular weight excluding hydrogens is 445 g/mol. The van der Waals surface area contributed by atoms with Crippen molar-refractivity contribution in [2.24, 2.45) is 0 Å². The minimum Gasteiger partial charge on any atom is -0.439 e. The standard InChI is InChI=1S/C24H24FN3O4S/c25-19-2-1-3-21(14-19)32-24-13-7-18(16-27-24)15-26-23(29)12-6-17-4-10-22(11-5-17)33(30,31)28-20-8-9-20/h1-5,7,10-11,13-14,16,20,28H,6,8-9,12,15H2,(H,26,29). The zero-order valence-electron chi connectivity index (χ0n) is 17.8. The van der Waals surface area contributed by atoms with Crippen molar-refractivity contribution in [2.45, 2.75) is 43.2 Å². The summed E-state index contributed by atoms with van der Waals surface area (Å²) < 4.78 is 45.8. The van der Waals surface area contributed by atoms with Crippen LogP contribution in [0.2, 0.25) is 0 Å². The second-order valence-electron chi connectivity index (χ2n) is 7.88. The summed E-state index contributed by atoms with van der Waals surface area (Å²) in [5.41, 5.74) is 1.68. The summed E-state index contributed by atoms with van der Waals surface area (Å²) >= 11 is 0. The van der Waals surface area contributed by atoms with E-state index in [0.717, 1.165) is 24.0 Å². The summed E-state index contributed by atoms with van der Waals surface area (Å²) in [7, 11) is -3.47. The maximum atomic E-state index is 13.2. The fraction of sp³-hybridized carbons (Fsp3) is 0.250. The maximum absolute atomic E-state index is 13.2. The minimum atomic E-state index is -3.47. The summed E-state index contributed by atoms with van der Waals surface area (Å²) in [6.07, 6.45) is 4.13. The number of nitrogens with zero attached hydrogens (tertiary/aromatic N) is 1. The van der Waals surface area contributed by atoms with Gasteiger partial charge >= 0.3 is 0 Å². The number of benzene rings is 2. The van der Waals surface area contributed by atoms with Crippen molar-refractivity contribution < 1.29 is 22.3 Å². The smallest absolute Gasteiger partial charge is 0.240 e. The van der Waals surface area contributed by atoms with E-state index in [1.165, 1.54) is 12.1 Å². The van der Waals surface area contributed by atoms with Crippen molar-refractivity contribution in [1.82, 2.24) is 15.0 Å². The molecule has 172 valence electrons. The Morgan fingerprint density at radius 1 is 1.06 bits per heavy atom. The topological polar surface area (TPSA) is 97.4 Å². The third kappa shape index (κ3) is 6.84. The first-order valence-electron chi connectivity index (χ1n) is 10.6. The highest BCUT2D eigenvalue weighted by Gasteiger charge is 2.27. The monoisotopic (exact) mass is 469 g/mol. The van der Waals surface area contributed by atoms with Crippen molar-refractivity contribution >= 4 is 15.9 Å². The van der Waals surface area contributed by atoms with Crippen LogP contribution in [0.3, 0.4) is 0 Å². The third-order valence-electron chi connectivity index (χ3n) is 5.08.